The standard InChI is InChI=1S/C29H29N3O3/c1-29(2,3)35-28(34)32-26(20-24-6-5-17-30-27(24)32)14-9-21-7-10-22(11-8-21)23-12-15-25(16-13-23)31(4)18-19-33/h5-8,10-13,15-17,20,33H,18-19H2,1-4H3. The number of nitrogens with zero attached hydrogens (tertiary/aromatic N) is 3. The number of pyridine rings is 1. The molecule has 0 saturated carbocycles. The molecule has 1 N–H and O–H groups in total. The topological polar surface area (TPSA) is 67.6 Å². The van der Waals surface area contributed by atoms with Gasteiger partial charge in [-0.1, -0.05) is 30.2 Å². The Morgan fingerprint density at radius 1 is 1.03 bits per heavy atom. The molecule has 2 aromatic carbocycles. The number of aromatic nitrogens is 2. The van der Waals surface area contributed by atoms with Gasteiger partial charge >= 0.3 is 6.09 Å². The van der Waals surface area contributed by atoms with Gasteiger partial charge in [0.15, 0.2) is 5.65 Å². The van der Waals surface area contributed by atoms with E-state index in [1.807, 2.05) is 87.3 Å². The maximum atomic E-state index is 12.9. The van der Waals surface area contributed by atoms with E-state index in [-0.39, 0.29) is 6.61 Å². The minimum Gasteiger partial charge on any atom is -0.443 e. The molecular weight excluding hydrogens is 438 g/mol. The van der Waals surface area contributed by atoms with Crippen molar-refractivity contribution in [2.24, 2.45) is 0 Å². The molecule has 4 aromatic rings. The highest BCUT2D eigenvalue weighted by Gasteiger charge is 2.22. The molecule has 0 aliphatic rings. The van der Waals surface area contributed by atoms with Gasteiger partial charge in [-0.2, -0.15) is 0 Å². The van der Waals surface area contributed by atoms with Crippen LogP contribution in [0.25, 0.3) is 22.2 Å². The molecule has 0 spiro atoms. The number of aliphatic hydroxyl groups excluding tert-OH is 1. The number of fused-ring (bicyclic) bond motifs is 1. The quantitative estimate of drug-likeness (QED) is 0.412. The van der Waals surface area contributed by atoms with Crippen molar-refractivity contribution in [2.75, 3.05) is 25.1 Å². The highest BCUT2D eigenvalue weighted by atomic mass is 16.6. The fourth-order valence-corrected chi connectivity index (χ4v) is 3.69. The minimum atomic E-state index is -0.630. The maximum Gasteiger partial charge on any atom is 0.421 e. The smallest absolute Gasteiger partial charge is 0.421 e. The van der Waals surface area contributed by atoms with Crippen LogP contribution in [0.3, 0.4) is 0 Å². The molecule has 0 fully saturated rings. The summed E-state index contributed by atoms with van der Waals surface area (Å²) in [5.41, 5.74) is 4.49. The molecule has 0 aliphatic heterocycles. The summed E-state index contributed by atoms with van der Waals surface area (Å²) in [5.74, 6) is 6.28. The molecule has 0 aliphatic carbocycles. The van der Waals surface area contributed by atoms with Gasteiger partial charge < -0.3 is 14.7 Å². The average Bonchev–Trinajstić information content (AvgIpc) is 3.21. The van der Waals surface area contributed by atoms with Crippen molar-refractivity contribution in [1.82, 2.24) is 9.55 Å². The largest absolute Gasteiger partial charge is 0.443 e. The first-order valence-electron chi connectivity index (χ1n) is 11.5. The summed E-state index contributed by atoms with van der Waals surface area (Å²) in [5, 5.41) is 9.94. The van der Waals surface area contributed by atoms with Crippen molar-refractivity contribution in [1.29, 1.82) is 0 Å². The molecule has 0 radical (unpaired) electrons. The zero-order chi connectivity index (χ0) is 25.0. The molecular formula is C29H29N3O3. The van der Waals surface area contributed by atoms with Gasteiger partial charge in [-0.15, -0.1) is 0 Å². The first-order chi connectivity index (χ1) is 16.7. The van der Waals surface area contributed by atoms with Gasteiger partial charge in [0.2, 0.25) is 0 Å². The Morgan fingerprint density at radius 3 is 2.31 bits per heavy atom. The second kappa shape index (κ2) is 10.0. The van der Waals surface area contributed by atoms with Crippen molar-refractivity contribution in [2.45, 2.75) is 26.4 Å². The van der Waals surface area contributed by atoms with Gasteiger partial charge in [-0.3, -0.25) is 0 Å². The number of carbonyl (C=O) groups excluding carboxylic acids is 1. The predicted octanol–water partition coefficient (Wildman–Crippen LogP) is 5.31. The lowest BCUT2D eigenvalue weighted by atomic mass is 10.0. The zero-order valence-electron chi connectivity index (χ0n) is 20.4. The Bertz CT molecular complexity index is 1390. The minimum absolute atomic E-state index is 0.121. The van der Waals surface area contributed by atoms with Crippen LogP contribution in [0.2, 0.25) is 0 Å². The summed E-state index contributed by atoms with van der Waals surface area (Å²) in [6, 6.07) is 21.8. The predicted molar refractivity (Wildman–Crippen MR) is 140 cm³/mol. The Kier molecular flexibility index (Phi) is 6.90. The summed E-state index contributed by atoms with van der Waals surface area (Å²) < 4.78 is 7.01. The van der Waals surface area contributed by atoms with E-state index in [0.717, 1.165) is 27.8 Å². The average molecular weight is 468 g/mol. The third kappa shape index (κ3) is 5.71. The third-order valence-electron chi connectivity index (χ3n) is 5.43. The van der Waals surface area contributed by atoms with Gasteiger partial charge in [0, 0.05) is 36.4 Å². The molecule has 2 heterocycles. The Hall–Kier alpha value is -4.08. The number of benzene rings is 2. The zero-order valence-corrected chi connectivity index (χ0v) is 20.4. The number of rotatable bonds is 4. The van der Waals surface area contributed by atoms with E-state index in [0.29, 0.717) is 17.9 Å². The normalized spacial score (nSPS) is 11.1. The van der Waals surface area contributed by atoms with Crippen molar-refractivity contribution in [3.05, 3.63) is 84.2 Å². The van der Waals surface area contributed by atoms with Crippen LogP contribution in [0.1, 0.15) is 32.0 Å². The number of aliphatic hydroxyl groups is 1. The highest BCUT2D eigenvalue weighted by Crippen LogP contribution is 2.24. The molecule has 2 aromatic heterocycles. The Balaban J connectivity index is 1.59. The molecule has 4 rings (SSSR count). The lowest BCUT2D eigenvalue weighted by Gasteiger charge is -2.20. The first-order valence-corrected chi connectivity index (χ1v) is 11.5. The van der Waals surface area contributed by atoms with Crippen LogP contribution in [0.5, 0.6) is 0 Å². The van der Waals surface area contributed by atoms with Gasteiger partial charge in [-0.25, -0.2) is 14.3 Å². The van der Waals surface area contributed by atoms with Gasteiger partial charge in [0.1, 0.15) is 11.3 Å². The molecule has 178 valence electrons. The Labute approximate surface area is 205 Å². The van der Waals surface area contributed by atoms with Crippen molar-refractivity contribution >= 4 is 22.8 Å². The summed E-state index contributed by atoms with van der Waals surface area (Å²) in [6.45, 7) is 6.21. The van der Waals surface area contributed by atoms with E-state index >= 15 is 0 Å². The number of carbonyl (C=O) groups is 1. The number of ether oxygens (including phenoxy) is 1. The van der Waals surface area contributed by atoms with Crippen molar-refractivity contribution < 1.29 is 14.6 Å². The fraction of sp³-hybridized carbons (Fsp3) is 0.241. The van der Waals surface area contributed by atoms with E-state index in [1.165, 1.54) is 4.57 Å². The van der Waals surface area contributed by atoms with E-state index in [9.17, 15) is 4.79 Å². The molecule has 0 bridgehead atoms. The molecule has 6 heteroatoms. The van der Waals surface area contributed by atoms with E-state index in [1.54, 1.807) is 6.20 Å². The van der Waals surface area contributed by atoms with Gasteiger partial charge in [0.25, 0.3) is 0 Å². The van der Waals surface area contributed by atoms with Crippen LogP contribution >= 0.6 is 0 Å². The molecule has 0 unspecified atom stereocenters. The summed E-state index contributed by atoms with van der Waals surface area (Å²) in [6.07, 6.45) is 1.15. The van der Waals surface area contributed by atoms with Gasteiger partial charge in [-0.05, 0) is 80.3 Å². The van der Waals surface area contributed by atoms with E-state index < -0.39 is 11.7 Å². The SMILES string of the molecule is CN(CCO)c1ccc(-c2ccc(C#Cc3cc4cccnc4n3C(=O)OC(C)(C)C)cc2)cc1. The van der Waals surface area contributed by atoms with Gasteiger partial charge in [0.05, 0.1) is 6.61 Å². The molecule has 0 saturated heterocycles. The third-order valence-corrected chi connectivity index (χ3v) is 5.43. The van der Waals surface area contributed by atoms with Crippen LogP contribution < -0.4 is 4.90 Å². The lowest BCUT2D eigenvalue weighted by Crippen LogP contribution is -2.27. The highest BCUT2D eigenvalue weighted by molar-refractivity contribution is 5.89. The second-order valence-electron chi connectivity index (χ2n) is 9.28. The Morgan fingerprint density at radius 2 is 1.69 bits per heavy atom. The van der Waals surface area contributed by atoms with E-state index in [4.69, 9.17) is 9.84 Å². The fourth-order valence-electron chi connectivity index (χ4n) is 3.69. The van der Waals surface area contributed by atoms with E-state index in [2.05, 4.69) is 29.0 Å². The monoisotopic (exact) mass is 467 g/mol. The van der Waals surface area contributed by atoms with Crippen molar-refractivity contribution in [3.8, 4) is 23.0 Å². The number of hydrogen-bond donors (Lipinski definition) is 1. The molecule has 6 nitrogen and oxygen atoms in total. The molecule has 0 amide bonds. The van der Waals surface area contributed by atoms with Crippen LogP contribution in [0.4, 0.5) is 10.5 Å². The summed E-state index contributed by atoms with van der Waals surface area (Å²) >= 11 is 0. The lowest BCUT2D eigenvalue weighted by molar-refractivity contribution is 0.0542. The van der Waals surface area contributed by atoms with Crippen LogP contribution in [-0.4, -0.2) is 46.6 Å². The van der Waals surface area contributed by atoms with Crippen LogP contribution in [-0.2, 0) is 4.74 Å². The number of anilines is 1. The van der Waals surface area contributed by atoms with Crippen LogP contribution in [0, 0.1) is 11.8 Å². The molecule has 35 heavy (non-hydrogen) atoms. The van der Waals surface area contributed by atoms with Crippen molar-refractivity contribution in [3.63, 3.8) is 0 Å². The first kappa shape index (κ1) is 24.1. The molecule has 0 atom stereocenters. The number of hydrogen-bond acceptors (Lipinski definition) is 5. The van der Waals surface area contributed by atoms with Crippen LogP contribution in [0.15, 0.2) is 72.9 Å². The maximum absolute atomic E-state index is 12.9. The summed E-state index contributed by atoms with van der Waals surface area (Å²) in [4.78, 5) is 19.3. The summed E-state index contributed by atoms with van der Waals surface area (Å²) in [7, 11) is 1.96. The second-order valence-corrected chi connectivity index (χ2v) is 9.28. The number of likely N-dealkylation sites (N-methyl/N-ethyl adjacent to an activating group) is 1.